The molecule has 2 rings (SSSR count). The van der Waals surface area contributed by atoms with Gasteiger partial charge in [-0.2, -0.15) is 0 Å². The fraction of sp³-hybridized carbons (Fsp3) is 0.267. The fourth-order valence-corrected chi connectivity index (χ4v) is 3.14. The summed E-state index contributed by atoms with van der Waals surface area (Å²) in [6.07, 6.45) is 0. The van der Waals surface area contributed by atoms with Gasteiger partial charge in [-0.15, -0.1) is 11.3 Å². The average Bonchev–Trinajstić information content (AvgIpc) is 2.72. The second kappa shape index (κ2) is 5.54. The van der Waals surface area contributed by atoms with Crippen molar-refractivity contribution in [3.05, 3.63) is 34.2 Å². The molecule has 0 bridgehead atoms. The highest BCUT2D eigenvalue weighted by Gasteiger charge is 2.24. The number of hydrogen-bond donors (Lipinski definition) is 1. The molecule has 0 aliphatic carbocycles. The molecule has 1 heterocycles. The van der Waals surface area contributed by atoms with Gasteiger partial charge < -0.3 is 15.2 Å². The Labute approximate surface area is 122 Å². The van der Waals surface area contributed by atoms with Crippen molar-refractivity contribution in [1.82, 2.24) is 0 Å². The van der Waals surface area contributed by atoms with Crippen molar-refractivity contribution in [2.45, 2.75) is 13.8 Å². The summed E-state index contributed by atoms with van der Waals surface area (Å²) in [5.74, 6) is 0.284. The molecule has 0 saturated heterocycles. The lowest BCUT2D eigenvalue weighted by Gasteiger charge is -2.11. The van der Waals surface area contributed by atoms with Gasteiger partial charge in [-0.25, -0.2) is 4.79 Å². The predicted molar refractivity (Wildman–Crippen MR) is 81.5 cm³/mol. The van der Waals surface area contributed by atoms with E-state index in [1.165, 1.54) is 18.4 Å². The quantitative estimate of drug-likeness (QED) is 0.880. The fourth-order valence-electron chi connectivity index (χ4n) is 2.21. The van der Waals surface area contributed by atoms with Crippen LogP contribution in [-0.2, 0) is 4.74 Å². The van der Waals surface area contributed by atoms with Gasteiger partial charge in [-0.05, 0) is 26.0 Å². The molecule has 0 unspecified atom stereocenters. The summed E-state index contributed by atoms with van der Waals surface area (Å²) in [6.45, 7) is 3.93. The molecule has 20 heavy (non-hydrogen) atoms. The third-order valence-electron chi connectivity index (χ3n) is 3.13. The molecule has 0 aliphatic heterocycles. The summed E-state index contributed by atoms with van der Waals surface area (Å²) >= 11 is 1.38. The van der Waals surface area contributed by atoms with Gasteiger partial charge in [0.1, 0.15) is 16.3 Å². The second-order valence-electron chi connectivity index (χ2n) is 4.47. The first-order chi connectivity index (χ1) is 9.49. The predicted octanol–water partition coefficient (Wildman–Crippen LogP) is 3.41. The van der Waals surface area contributed by atoms with Crippen LogP contribution in [0.4, 0.5) is 5.00 Å². The number of carbonyl (C=O) groups is 1. The van der Waals surface area contributed by atoms with E-state index in [0.29, 0.717) is 16.3 Å². The lowest BCUT2D eigenvalue weighted by Crippen LogP contribution is -2.05. The molecule has 0 fully saturated rings. The molecule has 0 radical (unpaired) electrons. The van der Waals surface area contributed by atoms with Crippen molar-refractivity contribution in [2.24, 2.45) is 0 Å². The third kappa shape index (κ3) is 2.36. The highest BCUT2D eigenvalue weighted by atomic mass is 32.1. The molecule has 2 aromatic rings. The number of aryl methyl sites for hydroxylation is 2. The highest BCUT2D eigenvalue weighted by Crippen LogP contribution is 2.42. The van der Waals surface area contributed by atoms with Crippen molar-refractivity contribution in [3.63, 3.8) is 0 Å². The van der Waals surface area contributed by atoms with E-state index in [9.17, 15) is 4.79 Å². The molecule has 2 N–H and O–H groups in total. The summed E-state index contributed by atoms with van der Waals surface area (Å²) in [7, 11) is 2.96. The van der Waals surface area contributed by atoms with Crippen LogP contribution >= 0.6 is 11.3 Å². The maximum Gasteiger partial charge on any atom is 0.341 e. The van der Waals surface area contributed by atoms with Crippen LogP contribution in [-0.4, -0.2) is 20.2 Å². The van der Waals surface area contributed by atoms with Crippen molar-refractivity contribution in [3.8, 4) is 16.9 Å². The SMILES string of the molecule is COC(=O)c1c(N)sc(C)c1-c1cc(C)ccc1OC. The number of anilines is 1. The molecular weight excluding hydrogens is 274 g/mol. The van der Waals surface area contributed by atoms with Gasteiger partial charge in [-0.1, -0.05) is 11.6 Å². The van der Waals surface area contributed by atoms with Gasteiger partial charge >= 0.3 is 5.97 Å². The summed E-state index contributed by atoms with van der Waals surface area (Å²) in [5.41, 5.74) is 9.11. The van der Waals surface area contributed by atoms with Crippen LogP contribution in [0.3, 0.4) is 0 Å². The number of nitrogen functional groups attached to an aromatic ring is 1. The third-order valence-corrected chi connectivity index (χ3v) is 4.06. The Morgan fingerprint density at radius 2 is 1.95 bits per heavy atom. The standard InChI is InChI=1S/C15H17NO3S/c1-8-5-6-11(18-3)10(7-8)12-9(2)20-14(16)13(12)15(17)19-4/h5-7H,16H2,1-4H3. The van der Waals surface area contributed by atoms with E-state index < -0.39 is 5.97 Å². The number of hydrogen-bond acceptors (Lipinski definition) is 5. The van der Waals surface area contributed by atoms with Crippen molar-refractivity contribution < 1.29 is 14.3 Å². The molecular formula is C15H17NO3S. The number of ether oxygens (including phenoxy) is 2. The van der Waals surface area contributed by atoms with Crippen molar-refractivity contribution in [1.29, 1.82) is 0 Å². The van der Waals surface area contributed by atoms with E-state index in [4.69, 9.17) is 15.2 Å². The molecule has 106 valence electrons. The molecule has 1 aromatic heterocycles. The number of nitrogens with two attached hydrogens (primary N) is 1. The lowest BCUT2D eigenvalue weighted by atomic mass is 9.98. The van der Waals surface area contributed by atoms with E-state index in [1.807, 2.05) is 32.0 Å². The number of benzene rings is 1. The van der Waals surface area contributed by atoms with Gasteiger partial charge in [0.25, 0.3) is 0 Å². The zero-order valence-electron chi connectivity index (χ0n) is 11.9. The Balaban J connectivity index is 2.75. The number of carbonyl (C=O) groups excluding carboxylic acids is 1. The topological polar surface area (TPSA) is 61.5 Å². The van der Waals surface area contributed by atoms with Crippen LogP contribution in [0.15, 0.2) is 18.2 Å². The first kappa shape index (κ1) is 14.4. The Kier molecular flexibility index (Phi) is 3.99. The molecule has 0 amide bonds. The van der Waals surface area contributed by atoms with Gasteiger partial charge in [0, 0.05) is 16.0 Å². The smallest absolute Gasteiger partial charge is 0.341 e. The number of thiophene rings is 1. The second-order valence-corrected chi connectivity index (χ2v) is 5.72. The average molecular weight is 291 g/mol. The van der Waals surface area contributed by atoms with Crippen molar-refractivity contribution in [2.75, 3.05) is 20.0 Å². The van der Waals surface area contributed by atoms with Crippen molar-refractivity contribution >= 4 is 22.3 Å². The van der Waals surface area contributed by atoms with Crippen LogP contribution in [0.2, 0.25) is 0 Å². The minimum atomic E-state index is -0.426. The summed E-state index contributed by atoms with van der Waals surface area (Å²) in [6, 6.07) is 5.84. The van der Waals surface area contributed by atoms with Crippen LogP contribution in [0.1, 0.15) is 20.8 Å². The summed E-state index contributed by atoms with van der Waals surface area (Å²) in [4.78, 5) is 13.0. The maximum atomic E-state index is 12.0. The van der Waals surface area contributed by atoms with E-state index >= 15 is 0 Å². The van der Waals surface area contributed by atoms with E-state index in [2.05, 4.69) is 0 Å². The van der Waals surface area contributed by atoms with Gasteiger partial charge in [0.15, 0.2) is 0 Å². The first-order valence-corrected chi connectivity index (χ1v) is 6.93. The number of rotatable bonds is 3. The van der Waals surface area contributed by atoms with Crippen LogP contribution < -0.4 is 10.5 Å². The molecule has 5 heteroatoms. The zero-order chi connectivity index (χ0) is 14.9. The highest BCUT2D eigenvalue weighted by molar-refractivity contribution is 7.16. The number of esters is 1. The monoisotopic (exact) mass is 291 g/mol. The Bertz CT molecular complexity index is 661. The molecule has 0 aliphatic rings. The molecule has 0 atom stereocenters. The molecule has 1 aromatic carbocycles. The zero-order valence-corrected chi connectivity index (χ0v) is 12.8. The van der Waals surface area contributed by atoms with Gasteiger partial charge in [0.2, 0.25) is 0 Å². The van der Waals surface area contributed by atoms with Gasteiger partial charge in [0.05, 0.1) is 14.2 Å². The lowest BCUT2D eigenvalue weighted by molar-refractivity contribution is 0.0603. The normalized spacial score (nSPS) is 10.4. The molecule has 4 nitrogen and oxygen atoms in total. The van der Waals surface area contributed by atoms with E-state index in [0.717, 1.165) is 21.6 Å². The van der Waals surface area contributed by atoms with E-state index in [-0.39, 0.29) is 0 Å². The van der Waals surface area contributed by atoms with Crippen LogP contribution in [0.5, 0.6) is 5.75 Å². The van der Waals surface area contributed by atoms with Gasteiger partial charge in [-0.3, -0.25) is 0 Å². The van der Waals surface area contributed by atoms with Crippen LogP contribution in [0, 0.1) is 13.8 Å². The molecule has 0 saturated carbocycles. The number of methoxy groups -OCH3 is 2. The maximum absolute atomic E-state index is 12.0. The van der Waals surface area contributed by atoms with E-state index in [1.54, 1.807) is 7.11 Å². The summed E-state index contributed by atoms with van der Waals surface area (Å²) < 4.78 is 10.2. The summed E-state index contributed by atoms with van der Waals surface area (Å²) in [5, 5.41) is 0.466. The Morgan fingerprint density at radius 1 is 1.25 bits per heavy atom. The minimum Gasteiger partial charge on any atom is -0.496 e. The minimum absolute atomic E-state index is 0.416. The van der Waals surface area contributed by atoms with Crippen LogP contribution in [0.25, 0.3) is 11.1 Å². The Hall–Kier alpha value is -2.01. The first-order valence-electron chi connectivity index (χ1n) is 6.11. The molecule has 0 spiro atoms. The largest absolute Gasteiger partial charge is 0.496 e. The Morgan fingerprint density at radius 3 is 2.55 bits per heavy atom.